The Kier molecular flexibility index (Phi) is 4.46. The summed E-state index contributed by atoms with van der Waals surface area (Å²) in [7, 11) is 0. The van der Waals surface area contributed by atoms with Crippen molar-refractivity contribution in [3.63, 3.8) is 0 Å². The summed E-state index contributed by atoms with van der Waals surface area (Å²) >= 11 is 0. The smallest absolute Gasteiger partial charge is 0.331 e. The van der Waals surface area contributed by atoms with Crippen LogP contribution in [-0.4, -0.2) is 35.7 Å². The average Bonchev–Trinajstić information content (AvgIpc) is 2.95. The van der Waals surface area contributed by atoms with Crippen molar-refractivity contribution >= 4 is 24.0 Å². The highest BCUT2D eigenvalue weighted by atomic mass is 16.6. The lowest BCUT2D eigenvalue weighted by Gasteiger charge is -2.29. The van der Waals surface area contributed by atoms with Gasteiger partial charge in [0.1, 0.15) is 12.0 Å². The summed E-state index contributed by atoms with van der Waals surface area (Å²) in [6.45, 7) is 0.165. The van der Waals surface area contributed by atoms with Crippen molar-refractivity contribution in [2.75, 3.05) is 6.61 Å². The normalized spacial score (nSPS) is 28.4. The number of hydrogen-bond acceptors (Lipinski definition) is 5. The maximum absolute atomic E-state index is 12.0. The third-order valence-corrected chi connectivity index (χ3v) is 4.19. The summed E-state index contributed by atoms with van der Waals surface area (Å²) in [6.07, 6.45) is 5.03. The fourth-order valence-corrected chi connectivity index (χ4v) is 3.03. The molecule has 0 aromatic heterocycles. The van der Waals surface area contributed by atoms with Gasteiger partial charge in [-0.1, -0.05) is 36.4 Å². The fourth-order valence-electron chi connectivity index (χ4n) is 3.03. The Bertz CT molecular complexity index is 705. The summed E-state index contributed by atoms with van der Waals surface area (Å²) in [5.41, 5.74) is 0.822. The second-order valence-corrected chi connectivity index (χ2v) is 5.71. The van der Waals surface area contributed by atoms with Crippen LogP contribution < -0.4 is 0 Å². The summed E-state index contributed by atoms with van der Waals surface area (Å²) in [6, 6.07) is 9.17. The number of benzene rings is 1. The predicted octanol–water partition coefficient (Wildman–Crippen LogP) is 1.67. The van der Waals surface area contributed by atoms with E-state index in [9.17, 15) is 19.5 Å². The standard InChI is InChI=1S/C18H16O6/c19-14(9-6-11-4-2-1-3-5-11)24-13-8-7-12-10-23-18(22)15(12)16(13)17(20)21/h1-9,12-13,15-16H,10H2,(H,20,21)/b9-6+. The van der Waals surface area contributed by atoms with E-state index in [1.165, 1.54) is 12.2 Å². The number of aliphatic carboxylic acids is 1. The zero-order chi connectivity index (χ0) is 17.1. The Morgan fingerprint density at radius 3 is 2.67 bits per heavy atom. The molecule has 4 unspecified atom stereocenters. The van der Waals surface area contributed by atoms with E-state index >= 15 is 0 Å². The first-order chi connectivity index (χ1) is 11.6. The minimum Gasteiger partial charge on any atom is -0.481 e. The zero-order valence-corrected chi connectivity index (χ0v) is 12.7. The van der Waals surface area contributed by atoms with Crippen LogP contribution in [0.5, 0.6) is 0 Å². The molecule has 6 heteroatoms. The SMILES string of the molecule is O=C(/C=C/c1ccccc1)OC1C=CC2COC(=O)C2C1C(=O)O. The first-order valence-corrected chi connectivity index (χ1v) is 7.58. The van der Waals surface area contributed by atoms with Crippen LogP contribution in [0.4, 0.5) is 0 Å². The molecule has 6 nitrogen and oxygen atoms in total. The zero-order valence-electron chi connectivity index (χ0n) is 12.7. The molecule has 124 valence electrons. The molecule has 1 aromatic rings. The summed E-state index contributed by atoms with van der Waals surface area (Å²) in [5.74, 6) is -4.64. The number of carbonyl (C=O) groups excluding carboxylic acids is 2. The number of carbonyl (C=O) groups is 3. The van der Waals surface area contributed by atoms with E-state index in [1.54, 1.807) is 12.2 Å². The van der Waals surface area contributed by atoms with Crippen molar-refractivity contribution in [2.45, 2.75) is 6.10 Å². The molecule has 0 radical (unpaired) electrons. The predicted molar refractivity (Wildman–Crippen MR) is 83.6 cm³/mol. The molecule has 2 aliphatic rings. The van der Waals surface area contributed by atoms with Crippen LogP contribution in [0.2, 0.25) is 0 Å². The lowest BCUT2D eigenvalue weighted by Crippen LogP contribution is -2.43. The van der Waals surface area contributed by atoms with Gasteiger partial charge in [0.2, 0.25) is 0 Å². The Morgan fingerprint density at radius 2 is 1.96 bits per heavy atom. The quantitative estimate of drug-likeness (QED) is 0.514. The van der Waals surface area contributed by atoms with Crippen molar-refractivity contribution in [2.24, 2.45) is 17.8 Å². The van der Waals surface area contributed by atoms with Gasteiger partial charge in [-0.05, 0) is 17.7 Å². The van der Waals surface area contributed by atoms with Crippen LogP contribution >= 0.6 is 0 Å². The summed E-state index contributed by atoms with van der Waals surface area (Å²) < 4.78 is 10.2. The van der Waals surface area contributed by atoms with Gasteiger partial charge in [0.15, 0.2) is 0 Å². The lowest BCUT2D eigenvalue weighted by molar-refractivity contribution is -0.161. The van der Waals surface area contributed by atoms with Crippen LogP contribution in [0, 0.1) is 17.8 Å². The average molecular weight is 328 g/mol. The minimum absolute atomic E-state index is 0.165. The molecule has 1 heterocycles. The number of carboxylic acids is 1. The summed E-state index contributed by atoms with van der Waals surface area (Å²) in [4.78, 5) is 35.3. The largest absolute Gasteiger partial charge is 0.481 e. The third kappa shape index (κ3) is 3.22. The molecule has 0 amide bonds. The van der Waals surface area contributed by atoms with E-state index < -0.39 is 35.8 Å². The Labute approximate surface area is 138 Å². The van der Waals surface area contributed by atoms with Gasteiger partial charge in [-0.2, -0.15) is 0 Å². The second-order valence-electron chi connectivity index (χ2n) is 5.71. The molecule has 0 bridgehead atoms. The first kappa shape index (κ1) is 16.0. The Hall–Kier alpha value is -2.89. The molecule has 1 aliphatic carbocycles. The number of fused-ring (bicyclic) bond motifs is 1. The second kappa shape index (κ2) is 6.70. The fraction of sp³-hybridized carbons (Fsp3) is 0.278. The summed E-state index contributed by atoms with van der Waals surface area (Å²) in [5, 5.41) is 9.44. The van der Waals surface area contributed by atoms with Gasteiger partial charge in [0.25, 0.3) is 0 Å². The van der Waals surface area contributed by atoms with Gasteiger partial charge in [0, 0.05) is 12.0 Å². The van der Waals surface area contributed by atoms with Crippen molar-refractivity contribution in [1.82, 2.24) is 0 Å². The molecule has 3 rings (SSSR count). The van der Waals surface area contributed by atoms with Crippen molar-refractivity contribution in [3.8, 4) is 0 Å². The Balaban J connectivity index is 1.72. The van der Waals surface area contributed by atoms with Crippen LogP contribution in [-0.2, 0) is 23.9 Å². The highest BCUT2D eigenvalue weighted by Crippen LogP contribution is 2.37. The van der Waals surface area contributed by atoms with E-state index in [0.717, 1.165) is 5.56 Å². The van der Waals surface area contributed by atoms with Gasteiger partial charge in [-0.25, -0.2) is 4.79 Å². The number of hydrogen-bond donors (Lipinski definition) is 1. The van der Waals surface area contributed by atoms with E-state index in [4.69, 9.17) is 9.47 Å². The molecule has 1 aromatic carbocycles. The maximum Gasteiger partial charge on any atom is 0.331 e. The van der Waals surface area contributed by atoms with Crippen molar-refractivity contribution in [3.05, 3.63) is 54.1 Å². The third-order valence-electron chi connectivity index (χ3n) is 4.19. The molecule has 1 aliphatic heterocycles. The van der Waals surface area contributed by atoms with E-state index in [0.29, 0.717) is 0 Å². The molecule has 0 saturated carbocycles. The monoisotopic (exact) mass is 328 g/mol. The Morgan fingerprint density at radius 1 is 1.21 bits per heavy atom. The number of cyclic esters (lactones) is 1. The van der Waals surface area contributed by atoms with Crippen LogP contribution in [0.15, 0.2) is 48.6 Å². The topological polar surface area (TPSA) is 89.9 Å². The molecule has 1 fully saturated rings. The van der Waals surface area contributed by atoms with E-state index in [2.05, 4.69) is 0 Å². The van der Waals surface area contributed by atoms with Crippen molar-refractivity contribution < 1.29 is 29.0 Å². The van der Waals surface area contributed by atoms with Gasteiger partial charge < -0.3 is 14.6 Å². The molecular weight excluding hydrogens is 312 g/mol. The minimum atomic E-state index is -1.18. The highest BCUT2D eigenvalue weighted by molar-refractivity contribution is 5.88. The first-order valence-electron chi connectivity index (χ1n) is 7.58. The van der Waals surface area contributed by atoms with Gasteiger partial charge >= 0.3 is 17.9 Å². The molecule has 1 saturated heterocycles. The van der Waals surface area contributed by atoms with Gasteiger partial charge in [-0.15, -0.1) is 0 Å². The molecule has 1 N–H and O–H groups in total. The maximum atomic E-state index is 12.0. The van der Waals surface area contributed by atoms with Crippen LogP contribution in [0.1, 0.15) is 5.56 Å². The lowest BCUT2D eigenvalue weighted by atomic mass is 9.76. The molecule has 4 atom stereocenters. The molecule has 24 heavy (non-hydrogen) atoms. The van der Waals surface area contributed by atoms with Crippen LogP contribution in [0.3, 0.4) is 0 Å². The highest BCUT2D eigenvalue weighted by Gasteiger charge is 2.50. The number of rotatable bonds is 4. The molecular formula is C18H16O6. The number of esters is 2. The van der Waals surface area contributed by atoms with E-state index in [-0.39, 0.29) is 12.5 Å². The number of ether oxygens (including phenoxy) is 2. The van der Waals surface area contributed by atoms with Crippen LogP contribution in [0.25, 0.3) is 6.08 Å². The van der Waals surface area contributed by atoms with Gasteiger partial charge in [0.05, 0.1) is 12.5 Å². The van der Waals surface area contributed by atoms with E-state index in [1.807, 2.05) is 30.3 Å². The van der Waals surface area contributed by atoms with Gasteiger partial charge in [-0.3, -0.25) is 9.59 Å². The van der Waals surface area contributed by atoms with Crippen molar-refractivity contribution in [1.29, 1.82) is 0 Å². The number of carboxylic acid groups (broad SMARTS) is 1. The molecule has 0 spiro atoms.